The van der Waals surface area contributed by atoms with Gasteiger partial charge in [-0.15, -0.1) is 0 Å². The van der Waals surface area contributed by atoms with Crippen LogP contribution in [0, 0.1) is 0 Å². The number of benzene rings is 1. The summed E-state index contributed by atoms with van der Waals surface area (Å²) in [6, 6.07) is 5.12. The number of fused-ring (bicyclic) bond motifs is 1. The van der Waals surface area contributed by atoms with Crippen LogP contribution in [0.15, 0.2) is 18.2 Å². The fourth-order valence-corrected chi connectivity index (χ4v) is 1.75. The van der Waals surface area contributed by atoms with Gasteiger partial charge in [-0.2, -0.15) is 0 Å². The van der Waals surface area contributed by atoms with Crippen LogP contribution in [0.5, 0.6) is 17.2 Å². The summed E-state index contributed by atoms with van der Waals surface area (Å²) in [7, 11) is 3.66. The van der Waals surface area contributed by atoms with Crippen molar-refractivity contribution in [2.45, 2.75) is 12.5 Å². The average molecular weight is 267 g/mol. The molecule has 0 spiro atoms. The van der Waals surface area contributed by atoms with Gasteiger partial charge in [-0.3, -0.25) is 4.79 Å². The Labute approximate surface area is 111 Å². The lowest BCUT2D eigenvalue weighted by Gasteiger charge is -2.22. The highest BCUT2D eigenvalue weighted by Crippen LogP contribution is 2.35. The van der Waals surface area contributed by atoms with Gasteiger partial charge in [-0.05, 0) is 26.2 Å². The minimum absolute atomic E-state index is 0.0392. The number of carbonyl (C=O) groups is 1. The van der Waals surface area contributed by atoms with E-state index in [9.17, 15) is 4.79 Å². The maximum atomic E-state index is 10.8. The number of carboxylic acid groups (broad SMARTS) is 1. The first-order valence-electron chi connectivity index (χ1n) is 5.97. The minimum Gasteiger partial charge on any atom is -0.492 e. The molecule has 0 aromatic heterocycles. The van der Waals surface area contributed by atoms with Crippen molar-refractivity contribution < 1.29 is 24.1 Å². The Morgan fingerprint density at radius 1 is 1.42 bits per heavy atom. The Balaban J connectivity index is 1.95. The molecule has 0 bridgehead atoms. The summed E-state index contributed by atoms with van der Waals surface area (Å²) in [5, 5.41) is 8.84. The molecule has 1 aliphatic heterocycles. The van der Waals surface area contributed by atoms with Crippen molar-refractivity contribution in [2.24, 2.45) is 0 Å². The zero-order valence-electron chi connectivity index (χ0n) is 11.0. The largest absolute Gasteiger partial charge is 0.492 e. The molecule has 0 amide bonds. The van der Waals surface area contributed by atoms with E-state index in [1.165, 1.54) is 0 Å². The van der Waals surface area contributed by atoms with Crippen LogP contribution in [0.25, 0.3) is 0 Å². The monoisotopic (exact) mass is 267 g/mol. The topological polar surface area (TPSA) is 68.2 Å². The normalized spacial score (nSPS) is 14.5. The summed E-state index contributed by atoms with van der Waals surface area (Å²) < 4.78 is 16.1. The molecule has 0 saturated carbocycles. The second kappa shape index (κ2) is 5.79. The molecule has 1 aromatic carbocycles. The third-order valence-electron chi connectivity index (χ3n) is 2.93. The van der Waals surface area contributed by atoms with Gasteiger partial charge in [0.2, 0.25) is 6.79 Å². The molecule has 1 heterocycles. The number of carboxylic acids is 1. The first-order chi connectivity index (χ1) is 9.06. The van der Waals surface area contributed by atoms with E-state index in [0.29, 0.717) is 23.9 Å². The molecular weight excluding hydrogens is 250 g/mol. The Kier molecular flexibility index (Phi) is 4.11. The van der Waals surface area contributed by atoms with E-state index < -0.39 is 5.97 Å². The van der Waals surface area contributed by atoms with Crippen molar-refractivity contribution in [1.29, 1.82) is 0 Å². The highest BCUT2D eigenvalue weighted by Gasteiger charge is 2.18. The van der Waals surface area contributed by atoms with Crippen LogP contribution in [-0.2, 0) is 4.79 Å². The molecule has 0 saturated heterocycles. The van der Waals surface area contributed by atoms with Crippen LogP contribution in [0.4, 0.5) is 0 Å². The van der Waals surface area contributed by atoms with Crippen LogP contribution in [0.3, 0.4) is 0 Å². The van der Waals surface area contributed by atoms with Crippen LogP contribution < -0.4 is 14.2 Å². The van der Waals surface area contributed by atoms with Gasteiger partial charge in [-0.1, -0.05) is 0 Å². The van der Waals surface area contributed by atoms with Gasteiger partial charge in [0, 0.05) is 6.07 Å². The number of hydrogen-bond donors (Lipinski definition) is 1. The molecule has 1 N–H and O–H groups in total. The van der Waals surface area contributed by atoms with Crippen molar-refractivity contribution in [3.63, 3.8) is 0 Å². The van der Waals surface area contributed by atoms with Gasteiger partial charge in [0.05, 0.1) is 12.5 Å². The second-order valence-corrected chi connectivity index (χ2v) is 4.54. The second-order valence-electron chi connectivity index (χ2n) is 4.54. The lowest BCUT2D eigenvalue weighted by molar-refractivity contribution is -0.138. The zero-order valence-corrected chi connectivity index (χ0v) is 11.0. The van der Waals surface area contributed by atoms with Gasteiger partial charge < -0.3 is 24.2 Å². The summed E-state index contributed by atoms with van der Waals surface area (Å²) >= 11 is 0. The van der Waals surface area contributed by atoms with Crippen molar-refractivity contribution in [3.8, 4) is 17.2 Å². The molecular formula is C13H17NO5. The van der Waals surface area contributed by atoms with Gasteiger partial charge in [0.15, 0.2) is 11.5 Å². The molecule has 6 heteroatoms. The molecule has 0 radical (unpaired) electrons. The van der Waals surface area contributed by atoms with Crippen molar-refractivity contribution in [3.05, 3.63) is 18.2 Å². The highest BCUT2D eigenvalue weighted by molar-refractivity contribution is 5.67. The van der Waals surface area contributed by atoms with Gasteiger partial charge in [0.25, 0.3) is 0 Å². The van der Waals surface area contributed by atoms with E-state index in [4.69, 9.17) is 19.3 Å². The Hall–Kier alpha value is -1.95. The number of aliphatic carboxylic acids is 1. The smallest absolute Gasteiger partial charge is 0.305 e. The lowest BCUT2D eigenvalue weighted by Crippen LogP contribution is -2.35. The molecule has 1 aromatic rings. The van der Waals surface area contributed by atoms with E-state index in [2.05, 4.69) is 0 Å². The molecule has 1 aliphatic rings. The predicted molar refractivity (Wildman–Crippen MR) is 67.8 cm³/mol. The summed E-state index contributed by atoms with van der Waals surface area (Å²) in [6.07, 6.45) is 0.0392. The predicted octanol–water partition coefficient (Wildman–Crippen LogP) is 1.20. The first kappa shape index (κ1) is 13.5. The van der Waals surface area contributed by atoms with E-state index in [0.717, 1.165) is 0 Å². The maximum absolute atomic E-state index is 10.8. The highest BCUT2D eigenvalue weighted by atomic mass is 16.7. The number of likely N-dealkylation sites (N-methyl/N-ethyl adjacent to an activating group) is 1. The van der Waals surface area contributed by atoms with Crippen molar-refractivity contribution in [2.75, 3.05) is 27.5 Å². The van der Waals surface area contributed by atoms with Gasteiger partial charge >= 0.3 is 5.97 Å². The van der Waals surface area contributed by atoms with Crippen molar-refractivity contribution in [1.82, 2.24) is 4.90 Å². The fourth-order valence-electron chi connectivity index (χ4n) is 1.75. The van der Waals surface area contributed by atoms with Crippen LogP contribution in [0.2, 0.25) is 0 Å². The Bertz CT molecular complexity index is 460. The van der Waals surface area contributed by atoms with Gasteiger partial charge in [0.1, 0.15) is 12.4 Å². The lowest BCUT2D eigenvalue weighted by atomic mass is 10.2. The molecule has 1 atom stereocenters. The Morgan fingerprint density at radius 3 is 2.84 bits per heavy atom. The average Bonchev–Trinajstić information content (AvgIpc) is 2.80. The van der Waals surface area contributed by atoms with Crippen LogP contribution >= 0.6 is 0 Å². The first-order valence-corrected chi connectivity index (χ1v) is 5.97. The summed E-state index contributed by atoms with van der Waals surface area (Å²) in [6.45, 7) is 0.525. The quantitative estimate of drug-likeness (QED) is 0.835. The van der Waals surface area contributed by atoms with E-state index >= 15 is 0 Å². The molecule has 0 aliphatic carbocycles. The standard InChI is InChI=1S/C13H17NO5/c1-14(2)9(5-13(15)16)7-17-10-3-4-11-12(6-10)19-8-18-11/h3-4,6,9H,5,7-8H2,1-2H3,(H,15,16). The van der Waals surface area contributed by atoms with E-state index in [1.807, 2.05) is 19.0 Å². The number of nitrogens with zero attached hydrogens (tertiary/aromatic N) is 1. The third-order valence-corrected chi connectivity index (χ3v) is 2.93. The number of hydrogen-bond acceptors (Lipinski definition) is 5. The van der Waals surface area contributed by atoms with E-state index in [-0.39, 0.29) is 19.3 Å². The number of rotatable bonds is 6. The summed E-state index contributed by atoms with van der Waals surface area (Å²) in [5.74, 6) is 1.15. The summed E-state index contributed by atoms with van der Waals surface area (Å²) in [4.78, 5) is 12.6. The molecule has 0 fully saturated rings. The molecule has 2 rings (SSSR count). The van der Waals surface area contributed by atoms with Crippen LogP contribution in [-0.4, -0.2) is 49.5 Å². The SMILES string of the molecule is CN(C)C(COc1ccc2c(c1)OCO2)CC(=O)O. The fraction of sp³-hybridized carbons (Fsp3) is 0.462. The van der Waals surface area contributed by atoms with E-state index in [1.54, 1.807) is 18.2 Å². The van der Waals surface area contributed by atoms with Gasteiger partial charge in [-0.25, -0.2) is 0 Å². The zero-order chi connectivity index (χ0) is 13.8. The van der Waals surface area contributed by atoms with Crippen molar-refractivity contribution >= 4 is 5.97 Å². The Morgan fingerprint density at radius 2 is 2.16 bits per heavy atom. The molecule has 6 nitrogen and oxygen atoms in total. The summed E-state index contributed by atoms with van der Waals surface area (Å²) in [5.41, 5.74) is 0. The molecule has 104 valence electrons. The minimum atomic E-state index is -0.840. The number of ether oxygens (including phenoxy) is 3. The molecule has 1 unspecified atom stereocenters. The molecule has 19 heavy (non-hydrogen) atoms. The van der Waals surface area contributed by atoms with Crippen LogP contribution in [0.1, 0.15) is 6.42 Å². The third kappa shape index (κ3) is 3.51. The maximum Gasteiger partial charge on any atom is 0.305 e.